The number of rotatable bonds is 4. The summed E-state index contributed by atoms with van der Waals surface area (Å²) in [5.41, 5.74) is 3.51. The van der Waals surface area contributed by atoms with E-state index in [0.29, 0.717) is 17.8 Å². The van der Waals surface area contributed by atoms with Gasteiger partial charge >= 0.3 is 0 Å². The lowest BCUT2D eigenvalue weighted by Gasteiger charge is -2.45. The average Bonchev–Trinajstić information content (AvgIpc) is 2.62. The summed E-state index contributed by atoms with van der Waals surface area (Å²) in [6.07, 6.45) is 6.95. The average molecular weight is 337 g/mol. The first-order valence-corrected chi connectivity index (χ1v) is 9.09. The van der Waals surface area contributed by atoms with Crippen molar-refractivity contribution in [3.63, 3.8) is 0 Å². The van der Waals surface area contributed by atoms with Gasteiger partial charge in [-0.3, -0.25) is 4.90 Å². The van der Waals surface area contributed by atoms with Crippen molar-refractivity contribution in [3.05, 3.63) is 71.6 Å². The van der Waals surface area contributed by atoms with Crippen molar-refractivity contribution in [1.29, 1.82) is 0 Å². The first-order chi connectivity index (χ1) is 12.3. The molecule has 2 aliphatic heterocycles. The lowest BCUT2D eigenvalue weighted by atomic mass is 9.82. The molecule has 2 nitrogen and oxygen atoms in total. The molecule has 0 saturated carbocycles. The number of fused-ring (bicyclic) bond motifs is 2. The summed E-state index contributed by atoms with van der Waals surface area (Å²) in [7, 11) is 1.55. The van der Waals surface area contributed by atoms with Crippen molar-refractivity contribution in [1.82, 2.24) is 4.90 Å². The van der Waals surface area contributed by atoms with Gasteiger partial charge in [0, 0.05) is 24.2 Å². The molecule has 2 heterocycles. The Balaban J connectivity index is 1.65. The smallest absolute Gasteiger partial charge is 0.165 e. The molecular formula is C22H24FNO. The third-order valence-corrected chi connectivity index (χ3v) is 5.51. The maximum absolute atomic E-state index is 14.1. The first kappa shape index (κ1) is 16.3. The van der Waals surface area contributed by atoms with E-state index in [4.69, 9.17) is 4.74 Å². The number of hydrogen-bond donors (Lipinski definition) is 0. The van der Waals surface area contributed by atoms with Gasteiger partial charge in [-0.2, -0.15) is 0 Å². The quantitative estimate of drug-likeness (QED) is 0.774. The highest BCUT2D eigenvalue weighted by atomic mass is 19.1. The molecule has 0 aromatic heterocycles. The number of halogens is 1. The van der Waals surface area contributed by atoms with E-state index in [1.165, 1.54) is 36.5 Å². The summed E-state index contributed by atoms with van der Waals surface area (Å²) < 4.78 is 19.4. The van der Waals surface area contributed by atoms with Gasteiger partial charge in [0.15, 0.2) is 11.6 Å². The van der Waals surface area contributed by atoms with Gasteiger partial charge in [-0.1, -0.05) is 55.0 Å². The van der Waals surface area contributed by atoms with Crippen molar-refractivity contribution in [2.75, 3.05) is 7.11 Å². The fourth-order valence-electron chi connectivity index (χ4n) is 4.33. The molecule has 0 amide bonds. The molecule has 1 saturated heterocycles. The molecule has 2 unspecified atom stereocenters. The molecule has 2 aromatic rings. The molecule has 0 spiro atoms. The SMILES string of the molecule is COc1c(F)cccc1C1=CC2CCCC(C1)N2Cc1ccccc1. The summed E-state index contributed by atoms with van der Waals surface area (Å²) in [4.78, 5) is 2.62. The Hall–Kier alpha value is -2.13. The van der Waals surface area contributed by atoms with Crippen LogP contribution in [-0.2, 0) is 6.54 Å². The number of piperidine rings is 1. The Bertz CT molecular complexity index is 771. The van der Waals surface area contributed by atoms with Crippen molar-refractivity contribution in [2.45, 2.75) is 44.3 Å². The second-order valence-corrected chi connectivity index (χ2v) is 7.03. The second-order valence-electron chi connectivity index (χ2n) is 7.03. The Morgan fingerprint density at radius 2 is 1.92 bits per heavy atom. The Labute approximate surface area is 148 Å². The highest BCUT2D eigenvalue weighted by Crippen LogP contribution is 2.40. The predicted molar refractivity (Wildman–Crippen MR) is 99.0 cm³/mol. The maximum atomic E-state index is 14.1. The lowest BCUT2D eigenvalue weighted by molar-refractivity contribution is 0.0950. The van der Waals surface area contributed by atoms with E-state index in [0.717, 1.165) is 18.5 Å². The van der Waals surface area contributed by atoms with E-state index in [1.807, 2.05) is 6.07 Å². The van der Waals surface area contributed by atoms with Gasteiger partial charge in [-0.05, 0) is 36.5 Å². The second kappa shape index (κ2) is 7.01. The molecule has 4 rings (SSSR count). The normalized spacial score (nSPS) is 23.2. The zero-order chi connectivity index (χ0) is 17.2. The summed E-state index contributed by atoms with van der Waals surface area (Å²) in [5, 5.41) is 0. The zero-order valence-corrected chi connectivity index (χ0v) is 14.6. The summed E-state index contributed by atoms with van der Waals surface area (Å²) >= 11 is 0. The summed E-state index contributed by atoms with van der Waals surface area (Å²) in [5.74, 6) is 0.0982. The largest absolute Gasteiger partial charge is 0.493 e. The van der Waals surface area contributed by atoms with Gasteiger partial charge in [0.1, 0.15) is 0 Å². The number of benzene rings is 2. The van der Waals surface area contributed by atoms with Crippen molar-refractivity contribution < 1.29 is 9.13 Å². The molecule has 1 fully saturated rings. The number of hydrogen-bond acceptors (Lipinski definition) is 2. The van der Waals surface area contributed by atoms with Crippen LogP contribution in [0.4, 0.5) is 4.39 Å². The van der Waals surface area contributed by atoms with Crippen LogP contribution in [0.2, 0.25) is 0 Å². The topological polar surface area (TPSA) is 12.5 Å². The third-order valence-electron chi connectivity index (χ3n) is 5.51. The highest BCUT2D eigenvalue weighted by Gasteiger charge is 2.34. The third kappa shape index (κ3) is 3.21. The molecule has 0 N–H and O–H groups in total. The molecule has 3 heteroatoms. The van der Waals surface area contributed by atoms with Crippen LogP contribution in [-0.4, -0.2) is 24.1 Å². The molecular weight excluding hydrogens is 313 g/mol. The summed E-state index contributed by atoms with van der Waals surface area (Å²) in [6.45, 7) is 0.986. The summed E-state index contributed by atoms with van der Waals surface area (Å²) in [6, 6.07) is 16.8. The highest BCUT2D eigenvalue weighted by molar-refractivity contribution is 5.72. The van der Waals surface area contributed by atoms with E-state index in [-0.39, 0.29) is 5.82 Å². The van der Waals surface area contributed by atoms with Gasteiger partial charge in [0.2, 0.25) is 0 Å². The fraction of sp³-hybridized carbons (Fsp3) is 0.364. The van der Waals surface area contributed by atoms with Crippen LogP contribution in [0, 0.1) is 5.82 Å². The fourth-order valence-corrected chi connectivity index (χ4v) is 4.33. The minimum atomic E-state index is -0.280. The number of ether oxygens (including phenoxy) is 1. The van der Waals surface area contributed by atoms with Gasteiger partial charge in [0.25, 0.3) is 0 Å². The van der Waals surface area contributed by atoms with Gasteiger partial charge in [0.05, 0.1) is 7.11 Å². The van der Waals surface area contributed by atoms with E-state index in [9.17, 15) is 4.39 Å². The predicted octanol–water partition coefficient (Wildman–Crippen LogP) is 5.04. The van der Waals surface area contributed by atoms with Crippen molar-refractivity contribution >= 4 is 5.57 Å². The standard InChI is InChI=1S/C22H24FNO/c1-25-22-20(11-6-12-21(22)23)17-13-18-9-5-10-19(14-17)24(18)15-16-7-3-2-4-8-16/h2-4,6-8,11-13,18-19H,5,9-10,14-15H2,1H3. The van der Waals surface area contributed by atoms with Crippen LogP contribution in [0.3, 0.4) is 0 Å². The monoisotopic (exact) mass is 337 g/mol. The van der Waals surface area contributed by atoms with E-state index < -0.39 is 0 Å². The zero-order valence-electron chi connectivity index (χ0n) is 14.6. The van der Waals surface area contributed by atoms with Gasteiger partial charge in [-0.15, -0.1) is 0 Å². The van der Waals surface area contributed by atoms with E-state index in [1.54, 1.807) is 13.2 Å². The maximum Gasteiger partial charge on any atom is 0.165 e. The van der Waals surface area contributed by atoms with Crippen LogP contribution in [0.25, 0.3) is 5.57 Å². The Morgan fingerprint density at radius 1 is 1.08 bits per heavy atom. The minimum Gasteiger partial charge on any atom is -0.493 e. The van der Waals surface area contributed by atoms with Crippen LogP contribution in [0.5, 0.6) is 5.75 Å². The van der Waals surface area contributed by atoms with Crippen molar-refractivity contribution in [3.8, 4) is 5.75 Å². The molecule has 0 aliphatic carbocycles. The molecule has 2 aliphatic rings. The molecule has 2 bridgehead atoms. The minimum absolute atomic E-state index is 0.280. The van der Waals surface area contributed by atoms with E-state index >= 15 is 0 Å². The molecule has 2 atom stereocenters. The molecule has 2 aromatic carbocycles. The van der Waals surface area contributed by atoms with Crippen LogP contribution in [0.15, 0.2) is 54.6 Å². The van der Waals surface area contributed by atoms with Gasteiger partial charge < -0.3 is 4.74 Å². The number of nitrogens with zero attached hydrogens (tertiary/aromatic N) is 1. The Kier molecular flexibility index (Phi) is 4.58. The first-order valence-electron chi connectivity index (χ1n) is 9.09. The molecule has 0 radical (unpaired) electrons. The number of methoxy groups -OCH3 is 1. The molecule has 130 valence electrons. The number of para-hydroxylation sites is 1. The van der Waals surface area contributed by atoms with E-state index in [2.05, 4.69) is 41.3 Å². The van der Waals surface area contributed by atoms with Crippen LogP contribution in [0.1, 0.15) is 36.8 Å². The Morgan fingerprint density at radius 3 is 2.68 bits per heavy atom. The van der Waals surface area contributed by atoms with Crippen LogP contribution >= 0.6 is 0 Å². The lowest BCUT2D eigenvalue weighted by Crippen LogP contribution is -2.47. The van der Waals surface area contributed by atoms with Crippen LogP contribution < -0.4 is 4.74 Å². The molecule has 25 heavy (non-hydrogen) atoms. The van der Waals surface area contributed by atoms with Gasteiger partial charge in [-0.25, -0.2) is 4.39 Å². The van der Waals surface area contributed by atoms with Crippen molar-refractivity contribution in [2.24, 2.45) is 0 Å².